The third-order valence-corrected chi connectivity index (χ3v) is 5.71. The molecule has 2 aromatic carbocycles. The number of nitrogens with one attached hydrogen (secondary N) is 1. The van der Waals surface area contributed by atoms with Crippen molar-refractivity contribution in [1.29, 1.82) is 0 Å². The zero-order valence-corrected chi connectivity index (χ0v) is 17.3. The smallest absolute Gasteiger partial charge is 0.232 e. The number of carbonyl (C=O) groups is 1. The van der Waals surface area contributed by atoms with E-state index in [4.69, 9.17) is 16.0 Å². The first kappa shape index (κ1) is 20.3. The lowest BCUT2D eigenvalue weighted by atomic mass is 10.1. The van der Waals surface area contributed by atoms with Gasteiger partial charge in [-0.25, -0.2) is 4.98 Å². The molecule has 146 valence electrons. The summed E-state index contributed by atoms with van der Waals surface area (Å²) in [5.74, 6) is 0.769. The van der Waals surface area contributed by atoms with E-state index in [2.05, 4.69) is 10.3 Å². The van der Waals surface area contributed by atoms with Gasteiger partial charge in [-0.15, -0.1) is 0 Å². The Labute approximate surface area is 171 Å². The van der Waals surface area contributed by atoms with Gasteiger partial charge in [0.2, 0.25) is 11.8 Å². The van der Waals surface area contributed by atoms with Crippen LogP contribution in [0.4, 0.5) is 0 Å². The minimum atomic E-state index is -1.39. The van der Waals surface area contributed by atoms with Gasteiger partial charge < -0.3 is 9.73 Å². The molecule has 28 heavy (non-hydrogen) atoms. The van der Waals surface area contributed by atoms with Gasteiger partial charge in [-0.05, 0) is 31.5 Å². The van der Waals surface area contributed by atoms with Crippen LogP contribution in [0.5, 0.6) is 0 Å². The van der Waals surface area contributed by atoms with Gasteiger partial charge in [0.15, 0.2) is 0 Å². The number of hydrogen-bond donors (Lipinski definition) is 1. The molecule has 0 aliphatic rings. The molecule has 0 aliphatic carbocycles. The minimum Gasteiger partial charge on any atom is -0.441 e. The van der Waals surface area contributed by atoms with Crippen molar-refractivity contribution in [3.63, 3.8) is 0 Å². The second kappa shape index (κ2) is 9.17. The van der Waals surface area contributed by atoms with Crippen molar-refractivity contribution in [2.24, 2.45) is 0 Å². The molecule has 1 N–H and O–H groups in total. The molecule has 5 nitrogen and oxygen atoms in total. The fourth-order valence-electron chi connectivity index (χ4n) is 2.62. The number of oxazole rings is 1. The van der Waals surface area contributed by atoms with Crippen LogP contribution < -0.4 is 5.32 Å². The van der Waals surface area contributed by atoms with E-state index in [0.29, 0.717) is 34.5 Å². The van der Waals surface area contributed by atoms with Crippen molar-refractivity contribution in [3.8, 4) is 11.5 Å². The number of hydrogen-bond acceptors (Lipinski definition) is 4. The molecular weight excluding hydrogens is 396 g/mol. The number of benzene rings is 2. The van der Waals surface area contributed by atoms with Crippen molar-refractivity contribution in [3.05, 3.63) is 76.1 Å². The molecule has 3 rings (SSSR count). The van der Waals surface area contributed by atoms with Crippen LogP contribution in [0.25, 0.3) is 11.5 Å². The molecule has 7 heteroatoms. The minimum absolute atomic E-state index is 0.0837. The second-order valence-electron chi connectivity index (χ2n) is 6.49. The Morgan fingerprint density at radius 2 is 1.86 bits per heavy atom. The molecule has 3 aromatic rings. The molecule has 0 aliphatic heterocycles. The van der Waals surface area contributed by atoms with E-state index in [1.807, 2.05) is 49.4 Å². The molecule has 0 saturated heterocycles. The van der Waals surface area contributed by atoms with Crippen LogP contribution in [0.3, 0.4) is 0 Å². The van der Waals surface area contributed by atoms with Gasteiger partial charge in [-0.3, -0.25) is 9.00 Å². The SMILES string of the molecule is Cc1ccc(CNC(=O)C[S@@](=O)Cc2nc(-c3ccccc3Cl)oc2C)cc1. The van der Waals surface area contributed by atoms with E-state index in [1.54, 1.807) is 13.0 Å². The summed E-state index contributed by atoms with van der Waals surface area (Å²) in [5.41, 5.74) is 3.41. The molecule has 0 fully saturated rings. The monoisotopic (exact) mass is 416 g/mol. The Morgan fingerprint density at radius 3 is 2.57 bits per heavy atom. The first-order valence-electron chi connectivity index (χ1n) is 8.81. The quantitative estimate of drug-likeness (QED) is 0.627. The summed E-state index contributed by atoms with van der Waals surface area (Å²) in [5, 5.41) is 3.33. The number of amides is 1. The van der Waals surface area contributed by atoms with Crippen LogP contribution in [0, 0.1) is 13.8 Å². The fraction of sp³-hybridized carbons (Fsp3) is 0.238. The lowest BCUT2D eigenvalue weighted by molar-refractivity contribution is -0.118. The van der Waals surface area contributed by atoms with Crippen molar-refractivity contribution >= 4 is 28.3 Å². The molecule has 1 heterocycles. The van der Waals surface area contributed by atoms with E-state index in [9.17, 15) is 9.00 Å². The van der Waals surface area contributed by atoms with Crippen molar-refractivity contribution < 1.29 is 13.4 Å². The summed E-state index contributed by atoms with van der Waals surface area (Å²) < 4.78 is 18.1. The Kier molecular flexibility index (Phi) is 6.65. The Bertz CT molecular complexity index is 999. The number of halogens is 1. The third-order valence-electron chi connectivity index (χ3n) is 4.20. The van der Waals surface area contributed by atoms with Crippen LogP contribution in [0.1, 0.15) is 22.6 Å². The summed E-state index contributed by atoms with van der Waals surface area (Å²) in [6, 6.07) is 15.1. The summed E-state index contributed by atoms with van der Waals surface area (Å²) in [6.45, 7) is 4.18. The van der Waals surface area contributed by atoms with Crippen LogP contribution in [0.2, 0.25) is 5.02 Å². The summed E-state index contributed by atoms with van der Waals surface area (Å²) in [7, 11) is -1.39. The van der Waals surface area contributed by atoms with Crippen LogP contribution in [-0.4, -0.2) is 20.9 Å². The van der Waals surface area contributed by atoms with Gasteiger partial charge in [0, 0.05) is 17.3 Å². The van der Waals surface area contributed by atoms with Crippen LogP contribution in [0.15, 0.2) is 52.9 Å². The Hall–Kier alpha value is -2.44. The van der Waals surface area contributed by atoms with E-state index in [-0.39, 0.29) is 17.4 Å². The predicted octanol–water partition coefficient (Wildman–Crippen LogP) is 4.18. The summed E-state index contributed by atoms with van der Waals surface area (Å²) >= 11 is 6.18. The zero-order chi connectivity index (χ0) is 20.1. The Morgan fingerprint density at radius 1 is 1.14 bits per heavy atom. The van der Waals surface area contributed by atoms with Crippen molar-refractivity contribution in [2.75, 3.05) is 5.75 Å². The van der Waals surface area contributed by atoms with Gasteiger partial charge in [-0.2, -0.15) is 0 Å². The molecule has 0 spiro atoms. The first-order chi connectivity index (χ1) is 13.4. The molecule has 0 bridgehead atoms. The molecule has 0 radical (unpaired) electrons. The van der Waals surface area contributed by atoms with Gasteiger partial charge in [0.05, 0.1) is 22.0 Å². The van der Waals surface area contributed by atoms with E-state index >= 15 is 0 Å². The maximum atomic E-state index is 12.4. The van der Waals surface area contributed by atoms with Crippen molar-refractivity contribution in [2.45, 2.75) is 26.1 Å². The lowest BCUT2D eigenvalue weighted by Crippen LogP contribution is -2.28. The summed E-state index contributed by atoms with van der Waals surface area (Å²) in [4.78, 5) is 16.5. The van der Waals surface area contributed by atoms with Gasteiger partial charge in [0.25, 0.3) is 0 Å². The molecular formula is C21H21ClN2O3S. The van der Waals surface area contributed by atoms with Gasteiger partial charge in [-0.1, -0.05) is 53.6 Å². The average Bonchev–Trinajstić information content (AvgIpc) is 3.01. The predicted molar refractivity (Wildman–Crippen MR) is 111 cm³/mol. The van der Waals surface area contributed by atoms with Gasteiger partial charge in [0.1, 0.15) is 11.5 Å². The highest BCUT2D eigenvalue weighted by Gasteiger charge is 2.17. The zero-order valence-electron chi connectivity index (χ0n) is 15.7. The van der Waals surface area contributed by atoms with E-state index in [0.717, 1.165) is 11.1 Å². The molecule has 1 aromatic heterocycles. The maximum Gasteiger partial charge on any atom is 0.232 e. The second-order valence-corrected chi connectivity index (χ2v) is 8.36. The highest BCUT2D eigenvalue weighted by Crippen LogP contribution is 2.28. The standard InChI is InChI=1S/C21H21ClN2O3S/c1-14-7-9-16(10-8-14)11-23-20(25)13-28(26)12-19-15(2)27-21(24-19)17-5-3-4-6-18(17)22/h3-10H,11-13H2,1-2H3,(H,23,25)/t28-/m0/s1. The fourth-order valence-corrected chi connectivity index (χ4v) is 3.91. The highest BCUT2D eigenvalue weighted by atomic mass is 35.5. The maximum absolute atomic E-state index is 12.4. The average molecular weight is 417 g/mol. The number of aromatic nitrogens is 1. The van der Waals surface area contributed by atoms with E-state index < -0.39 is 10.8 Å². The Balaban J connectivity index is 1.56. The molecule has 1 atom stereocenters. The van der Waals surface area contributed by atoms with Crippen LogP contribution >= 0.6 is 11.6 Å². The normalized spacial score (nSPS) is 12.0. The lowest BCUT2D eigenvalue weighted by Gasteiger charge is -2.05. The third kappa shape index (κ3) is 5.30. The largest absolute Gasteiger partial charge is 0.441 e. The molecule has 0 unspecified atom stereocenters. The number of aryl methyl sites for hydroxylation is 2. The number of nitrogens with zero attached hydrogens (tertiary/aromatic N) is 1. The number of carbonyl (C=O) groups excluding carboxylic acids is 1. The van der Waals surface area contributed by atoms with Crippen LogP contribution in [-0.2, 0) is 27.9 Å². The summed E-state index contributed by atoms with van der Waals surface area (Å²) in [6.07, 6.45) is 0. The van der Waals surface area contributed by atoms with Gasteiger partial charge >= 0.3 is 0 Å². The molecule has 1 amide bonds. The van der Waals surface area contributed by atoms with Crippen molar-refractivity contribution in [1.82, 2.24) is 10.3 Å². The molecule has 0 saturated carbocycles. The topological polar surface area (TPSA) is 72.2 Å². The highest BCUT2D eigenvalue weighted by molar-refractivity contribution is 7.84. The number of rotatable bonds is 7. The first-order valence-corrected chi connectivity index (χ1v) is 10.7. The van der Waals surface area contributed by atoms with E-state index in [1.165, 1.54) is 0 Å².